The highest BCUT2D eigenvalue weighted by Crippen LogP contribution is 2.41. The minimum atomic E-state index is -1.18. The molecule has 1 amide bonds. The van der Waals surface area contributed by atoms with Crippen molar-refractivity contribution in [2.24, 2.45) is 5.73 Å². The Morgan fingerprint density at radius 1 is 1.57 bits per heavy atom. The van der Waals surface area contributed by atoms with Crippen LogP contribution in [-0.4, -0.2) is 35.6 Å². The Bertz CT molecular complexity index is 632. The van der Waals surface area contributed by atoms with Gasteiger partial charge in [-0.25, -0.2) is 14.2 Å². The first-order valence-corrected chi connectivity index (χ1v) is 6.74. The maximum absolute atomic E-state index is 13.7. The molecule has 0 unspecified atom stereocenters. The number of carbonyl (C=O) groups excluding carboxylic acids is 2. The van der Waals surface area contributed by atoms with E-state index in [0.717, 1.165) is 0 Å². The number of ether oxygens (including phenoxy) is 1. The van der Waals surface area contributed by atoms with Crippen molar-refractivity contribution >= 4 is 17.7 Å². The summed E-state index contributed by atoms with van der Waals surface area (Å²) in [5.74, 6) is -0.865. The fourth-order valence-corrected chi connectivity index (χ4v) is 3.00. The molecule has 21 heavy (non-hydrogen) atoms. The summed E-state index contributed by atoms with van der Waals surface area (Å²) < 4.78 is 19.0. The molecule has 2 N–H and O–H groups in total. The van der Waals surface area contributed by atoms with Crippen LogP contribution in [0.3, 0.4) is 0 Å². The second kappa shape index (κ2) is 4.41. The van der Waals surface area contributed by atoms with Crippen LogP contribution in [0.5, 0.6) is 0 Å². The highest BCUT2D eigenvalue weighted by molar-refractivity contribution is 6.00. The molecule has 0 bridgehead atoms. The van der Waals surface area contributed by atoms with Crippen LogP contribution >= 0.6 is 0 Å². The number of carbonyl (C=O) groups is 2. The van der Waals surface area contributed by atoms with E-state index < -0.39 is 29.7 Å². The minimum Gasteiger partial charge on any atom is -0.451 e. The second-order valence-corrected chi connectivity index (χ2v) is 5.86. The Labute approximate surface area is 121 Å². The number of nitrogens with two attached hydrogens (primary N) is 1. The third-order valence-corrected chi connectivity index (χ3v) is 3.98. The van der Waals surface area contributed by atoms with Crippen molar-refractivity contribution in [3.05, 3.63) is 23.4 Å². The lowest BCUT2D eigenvalue weighted by atomic mass is 9.97. The van der Waals surface area contributed by atoms with Crippen molar-refractivity contribution < 1.29 is 18.7 Å². The molecule has 3 heterocycles. The van der Waals surface area contributed by atoms with Crippen LogP contribution in [0.15, 0.2) is 12.3 Å². The number of rotatable bonds is 2. The molecule has 1 fully saturated rings. The zero-order valence-electron chi connectivity index (χ0n) is 11.8. The van der Waals surface area contributed by atoms with Crippen LogP contribution in [-0.2, 0) is 15.1 Å². The van der Waals surface area contributed by atoms with E-state index in [1.807, 2.05) is 0 Å². The van der Waals surface area contributed by atoms with E-state index in [1.54, 1.807) is 19.9 Å². The Balaban J connectivity index is 2.11. The molecule has 0 aliphatic carbocycles. The van der Waals surface area contributed by atoms with Gasteiger partial charge >= 0.3 is 5.97 Å². The molecule has 3 rings (SSSR count). The summed E-state index contributed by atoms with van der Waals surface area (Å²) in [6.45, 7) is 3.53. The molecular formula is C14H16FN3O3. The summed E-state index contributed by atoms with van der Waals surface area (Å²) in [7, 11) is 0. The van der Waals surface area contributed by atoms with Crippen LogP contribution in [0.25, 0.3) is 0 Å². The van der Waals surface area contributed by atoms with Gasteiger partial charge in [-0.05, 0) is 19.9 Å². The van der Waals surface area contributed by atoms with E-state index in [2.05, 4.69) is 4.98 Å². The lowest BCUT2D eigenvalue weighted by Gasteiger charge is -2.24. The average Bonchev–Trinajstić information content (AvgIpc) is 2.89. The van der Waals surface area contributed by atoms with Crippen molar-refractivity contribution in [2.75, 3.05) is 11.4 Å². The number of hydrogen-bond donors (Lipinski definition) is 1. The SMILES string of the molecule is CC1(C)OC(=O)c2c1ccnc2N1C[C@H](F)C[C@H]1C(N)=O. The number of cyclic esters (lactones) is 1. The number of amides is 1. The van der Waals surface area contributed by atoms with Crippen molar-refractivity contribution in [3.8, 4) is 0 Å². The van der Waals surface area contributed by atoms with E-state index in [0.29, 0.717) is 11.1 Å². The van der Waals surface area contributed by atoms with Crippen LogP contribution in [0.4, 0.5) is 10.2 Å². The largest absolute Gasteiger partial charge is 0.451 e. The molecule has 1 aromatic rings. The average molecular weight is 293 g/mol. The number of primary amides is 1. The number of nitrogens with zero attached hydrogens (tertiary/aromatic N) is 2. The summed E-state index contributed by atoms with van der Waals surface area (Å²) in [6.07, 6.45) is 0.367. The van der Waals surface area contributed by atoms with Crippen LogP contribution in [0.1, 0.15) is 36.2 Å². The lowest BCUT2D eigenvalue weighted by molar-refractivity contribution is -0.119. The molecule has 112 valence electrons. The Kier molecular flexibility index (Phi) is 2.89. The van der Waals surface area contributed by atoms with Crippen LogP contribution in [0, 0.1) is 0 Å². The Morgan fingerprint density at radius 2 is 2.29 bits per heavy atom. The Hall–Kier alpha value is -2.18. The number of aromatic nitrogens is 1. The van der Waals surface area contributed by atoms with Crippen molar-refractivity contribution in [1.29, 1.82) is 0 Å². The highest BCUT2D eigenvalue weighted by Gasteiger charge is 2.44. The first-order chi connectivity index (χ1) is 9.81. The minimum absolute atomic E-state index is 0.00916. The number of alkyl halides is 1. The molecule has 6 nitrogen and oxygen atoms in total. The van der Waals surface area contributed by atoms with Gasteiger partial charge in [0, 0.05) is 18.2 Å². The number of pyridine rings is 1. The first-order valence-electron chi connectivity index (χ1n) is 6.74. The maximum Gasteiger partial charge on any atom is 0.343 e. The molecule has 2 atom stereocenters. The molecule has 0 radical (unpaired) electrons. The topological polar surface area (TPSA) is 85.5 Å². The summed E-state index contributed by atoms with van der Waals surface area (Å²) in [4.78, 5) is 29.3. The molecule has 0 aromatic carbocycles. The quantitative estimate of drug-likeness (QED) is 0.818. The zero-order chi connectivity index (χ0) is 15.4. The number of hydrogen-bond acceptors (Lipinski definition) is 5. The van der Waals surface area contributed by atoms with E-state index in [1.165, 1.54) is 11.1 Å². The summed E-state index contributed by atoms with van der Waals surface area (Å²) in [6, 6.07) is 0.905. The van der Waals surface area contributed by atoms with E-state index in [9.17, 15) is 14.0 Å². The predicted molar refractivity (Wildman–Crippen MR) is 72.5 cm³/mol. The number of halogens is 1. The molecule has 0 spiro atoms. The molecule has 2 aliphatic rings. The van der Waals surface area contributed by atoms with Gasteiger partial charge in [-0.1, -0.05) is 0 Å². The lowest BCUT2D eigenvalue weighted by Crippen LogP contribution is -2.41. The van der Waals surface area contributed by atoms with Gasteiger partial charge in [0.25, 0.3) is 0 Å². The van der Waals surface area contributed by atoms with Crippen molar-refractivity contribution in [2.45, 2.75) is 38.1 Å². The third-order valence-electron chi connectivity index (χ3n) is 3.98. The first kappa shape index (κ1) is 13.8. The molecule has 0 saturated carbocycles. The van der Waals surface area contributed by atoms with Crippen LogP contribution in [0.2, 0.25) is 0 Å². The summed E-state index contributed by atoms with van der Waals surface area (Å²) in [5, 5.41) is 0. The fraction of sp³-hybridized carbons (Fsp3) is 0.500. The predicted octanol–water partition coefficient (Wildman–Crippen LogP) is 0.889. The molecule has 1 aromatic heterocycles. The van der Waals surface area contributed by atoms with Gasteiger partial charge in [-0.3, -0.25) is 4.79 Å². The maximum atomic E-state index is 13.7. The number of fused-ring (bicyclic) bond motifs is 1. The number of anilines is 1. The monoisotopic (exact) mass is 293 g/mol. The standard InChI is InChI=1S/C14H16FN3O3/c1-14(2)8-3-4-17-12(10(8)13(20)21-14)18-6-7(15)5-9(18)11(16)19/h3-4,7,9H,5-6H2,1-2H3,(H2,16,19)/t7-,9+/m1/s1. The smallest absolute Gasteiger partial charge is 0.343 e. The van der Waals surface area contributed by atoms with Gasteiger partial charge < -0.3 is 15.4 Å². The van der Waals surface area contributed by atoms with Gasteiger partial charge in [0.05, 0.1) is 6.54 Å². The third kappa shape index (κ3) is 2.03. The summed E-state index contributed by atoms with van der Waals surface area (Å²) in [5.41, 5.74) is 5.54. The zero-order valence-corrected chi connectivity index (χ0v) is 11.8. The number of esters is 1. The van der Waals surface area contributed by atoms with Crippen molar-refractivity contribution in [1.82, 2.24) is 4.98 Å². The van der Waals surface area contributed by atoms with Gasteiger partial charge in [-0.2, -0.15) is 0 Å². The molecule has 7 heteroatoms. The van der Waals surface area contributed by atoms with Gasteiger partial charge in [0.2, 0.25) is 5.91 Å². The second-order valence-electron chi connectivity index (χ2n) is 5.86. The Morgan fingerprint density at radius 3 is 2.95 bits per heavy atom. The van der Waals surface area contributed by atoms with Gasteiger partial charge in [0.15, 0.2) is 0 Å². The van der Waals surface area contributed by atoms with Gasteiger partial charge in [-0.15, -0.1) is 0 Å². The molecule has 2 aliphatic heterocycles. The van der Waals surface area contributed by atoms with Gasteiger partial charge in [0.1, 0.15) is 29.2 Å². The van der Waals surface area contributed by atoms with Crippen LogP contribution < -0.4 is 10.6 Å². The molecular weight excluding hydrogens is 277 g/mol. The normalized spacial score (nSPS) is 26.6. The van der Waals surface area contributed by atoms with Crippen molar-refractivity contribution in [3.63, 3.8) is 0 Å². The molecule has 1 saturated heterocycles. The van der Waals surface area contributed by atoms with E-state index in [4.69, 9.17) is 10.5 Å². The highest BCUT2D eigenvalue weighted by atomic mass is 19.1. The van der Waals surface area contributed by atoms with E-state index in [-0.39, 0.29) is 18.8 Å². The fourth-order valence-electron chi connectivity index (χ4n) is 3.00. The summed E-state index contributed by atoms with van der Waals surface area (Å²) >= 11 is 0. The van der Waals surface area contributed by atoms with E-state index >= 15 is 0 Å².